The summed E-state index contributed by atoms with van der Waals surface area (Å²) in [5.41, 5.74) is 0.989. The van der Waals surface area contributed by atoms with Gasteiger partial charge in [0.05, 0.1) is 15.2 Å². The third-order valence-electron chi connectivity index (χ3n) is 1.74. The van der Waals surface area contributed by atoms with Crippen LogP contribution in [0.4, 0.5) is 0 Å². The van der Waals surface area contributed by atoms with Crippen molar-refractivity contribution in [1.29, 1.82) is 0 Å². The largest absolute Gasteiger partial charge is 0.314 e. The van der Waals surface area contributed by atoms with Gasteiger partial charge in [-0.2, -0.15) is 0 Å². The Bertz CT molecular complexity index is 424. The van der Waals surface area contributed by atoms with Crippen molar-refractivity contribution in [2.45, 2.75) is 6.54 Å². The van der Waals surface area contributed by atoms with Gasteiger partial charge in [0.2, 0.25) is 0 Å². The zero-order valence-electron chi connectivity index (χ0n) is 7.17. The summed E-state index contributed by atoms with van der Waals surface area (Å²) in [6.45, 7) is 0.801. The number of nitrogens with zero attached hydrogens (tertiary/aromatic N) is 1. The molecule has 0 fully saturated rings. The molecule has 68 valence electrons. The van der Waals surface area contributed by atoms with Gasteiger partial charge in [0.15, 0.2) is 0 Å². The molecule has 0 saturated carbocycles. The van der Waals surface area contributed by atoms with Gasteiger partial charge < -0.3 is 5.32 Å². The minimum Gasteiger partial charge on any atom is -0.314 e. The van der Waals surface area contributed by atoms with E-state index in [0.717, 1.165) is 26.8 Å². The molecule has 2 aromatic rings. The second kappa shape index (κ2) is 3.62. The Kier molecular flexibility index (Phi) is 2.49. The van der Waals surface area contributed by atoms with E-state index in [1.54, 1.807) is 11.3 Å². The Hall–Kier alpha value is -0.640. The third kappa shape index (κ3) is 1.68. The highest BCUT2D eigenvalue weighted by Crippen LogP contribution is 2.28. The Balaban J connectivity index is 2.55. The molecule has 0 atom stereocenters. The number of hydrogen-bond acceptors (Lipinski definition) is 3. The number of thiazole rings is 1. The highest BCUT2D eigenvalue weighted by Gasteiger charge is 2.04. The van der Waals surface area contributed by atoms with Gasteiger partial charge in [0, 0.05) is 6.54 Å². The van der Waals surface area contributed by atoms with Crippen molar-refractivity contribution in [2.75, 3.05) is 7.05 Å². The fourth-order valence-corrected chi connectivity index (χ4v) is 2.45. The quantitative estimate of drug-likeness (QED) is 0.828. The van der Waals surface area contributed by atoms with E-state index in [1.165, 1.54) is 0 Å². The summed E-state index contributed by atoms with van der Waals surface area (Å²) in [6.07, 6.45) is 0. The van der Waals surface area contributed by atoms with Gasteiger partial charge in [-0.1, -0.05) is 17.7 Å². The van der Waals surface area contributed by atoms with Gasteiger partial charge in [0.1, 0.15) is 5.01 Å². The van der Waals surface area contributed by atoms with Crippen LogP contribution in [-0.4, -0.2) is 12.0 Å². The van der Waals surface area contributed by atoms with E-state index in [4.69, 9.17) is 11.6 Å². The van der Waals surface area contributed by atoms with Crippen LogP contribution in [0.2, 0.25) is 5.02 Å². The van der Waals surface area contributed by atoms with Gasteiger partial charge >= 0.3 is 0 Å². The fourth-order valence-electron chi connectivity index (χ4n) is 1.19. The molecule has 0 radical (unpaired) electrons. The number of aromatic nitrogens is 1. The summed E-state index contributed by atoms with van der Waals surface area (Å²) in [7, 11) is 1.91. The maximum Gasteiger partial charge on any atom is 0.108 e. The van der Waals surface area contributed by atoms with Crippen LogP contribution in [0.15, 0.2) is 18.2 Å². The topological polar surface area (TPSA) is 24.9 Å². The number of halogens is 1. The molecule has 0 unspecified atom stereocenters. The molecule has 13 heavy (non-hydrogen) atoms. The third-order valence-corrected chi connectivity index (χ3v) is 3.27. The van der Waals surface area contributed by atoms with E-state index in [2.05, 4.69) is 10.3 Å². The first-order valence-corrected chi connectivity index (χ1v) is 5.19. The molecule has 2 nitrogen and oxygen atoms in total. The highest BCUT2D eigenvalue weighted by molar-refractivity contribution is 7.19. The van der Waals surface area contributed by atoms with Crippen molar-refractivity contribution in [2.24, 2.45) is 0 Å². The molecular formula is C9H9ClN2S. The van der Waals surface area contributed by atoms with Gasteiger partial charge in [-0.3, -0.25) is 0 Å². The predicted molar refractivity (Wildman–Crippen MR) is 57.4 cm³/mol. The summed E-state index contributed by atoms with van der Waals surface area (Å²) >= 11 is 7.66. The zero-order chi connectivity index (χ0) is 9.26. The zero-order valence-corrected chi connectivity index (χ0v) is 8.75. The van der Waals surface area contributed by atoms with Gasteiger partial charge in [-0.25, -0.2) is 4.98 Å². The van der Waals surface area contributed by atoms with Gasteiger partial charge in [-0.05, 0) is 19.2 Å². The summed E-state index contributed by atoms with van der Waals surface area (Å²) in [5, 5.41) is 4.93. The van der Waals surface area contributed by atoms with Crippen LogP contribution in [0.5, 0.6) is 0 Å². The summed E-state index contributed by atoms with van der Waals surface area (Å²) < 4.78 is 1.08. The molecule has 1 aromatic carbocycles. The fraction of sp³-hybridized carbons (Fsp3) is 0.222. The molecule has 0 spiro atoms. The molecule has 0 aliphatic heterocycles. The van der Waals surface area contributed by atoms with Crippen LogP contribution in [-0.2, 0) is 6.54 Å². The average molecular weight is 213 g/mol. The average Bonchev–Trinajstić information content (AvgIpc) is 2.49. The van der Waals surface area contributed by atoms with E-state index in [0.29, 0.717) is 0 Å². The molecule has 1 heterocycles. The molecule has 0 aliphatic rings. The van der Waals surface area contributed by atoms with Crippen LogP contribution < -0.4 is 5.32 Å². The lowest BCUT2D eigenvalue weighted by Gasteiger charge is -1.88. The lowest BCUT2D eigenvalue weighted by molar-refractivity contribution is 0.812. The second-order valence-corrected chi connectivity index (χ2v) is 4.22. The maximum absolute atomic E-state index is 6.02. The number of fused-ring (bicyclic) bond motifs is 1. The minimum atomic E-state index is 0.789. The Labute approximate surface area is 85.6 Å². The standard InChI is InChI=1S/C9H9ClN2S/c1-11-5-8-12-7-4-2-3-6(10)9(7)13-8/h2-4,11H,5H2,1H3. The lowest BCUT2D eigenvalue weighted by Crippen LogP contribution is -2.03. The van der Waals surface area contributed by atoms with E-state index in [1.807, 2.05) is 25.2 Å². The number of nitrogens with one attached hydrogen (secondary N) is 1. The maximum atomic E-state index is 6.02. The molecule has 0 bridgehead atoms. The van der Waals surface area contributed by atoms with Crippen molar-refractivity contribution in [3.8, 4) is 0 Å². The van der Waals surface area contributed by atoms with Crippen LogP contribution in [0.25, 0.3) is 10.2 Å². The van der Waals surface area contributed by atoms with Crippen LogP contribution in [0, 0.1) is 0 Å². The van der Waals surface area contributed by atoms with Crippen molar-refractivity contribution in [3.05, 3.63) is 28.2 Å². The molecule has 0 amide bonds. The first-order chi connectivity index (χ1) is 6.31. The Morgan fingerprint density at radius 2 is 2.38 bits per heavy atom. The highest BCUT2D eigenvalue weighted by atomic mass is 35.5. The van der Waals surface area contributed by atoms with Crippen LogP contribution >= 0.6 is 22.9 Å². The van der Waals surface area contributed by atoms with E-state index < -0.39 is 0 Å². The van der Waals surface area contributed by atoms with Crippen molar-refractivity contribution in [1.82, 2.24) is 10.3 Å². The van der Waals surface area contributed by atoms with Crippen LogP contribution in [0.1, 0.15) is 5.01 Å². The Morgan fingerprint density at radius 3 is 3.08 bits per heavy atom. The van der Waals surface area contributed by atoms with Crippen molar-refractivity contribution < 1.29 is 0 Å². The van der Waals surface area contributed by atoms with Crippen LogP contribution in [0.3, 0.4) is 0 Å². The minimum absolute atomic E-state index is 0.789. The molecule has 1 aromatic heterocycles. The predicted octanol–water partition coefficient (Wildman–Crippen LogP) is 2.67. The normalized spacial score (nSPS) is 10.9. The number of rotatable bonds is 2. The summed E-state index contributed by atoms with van der Waals surface area (Å²) in [4.78, 5) is 4.43. The Morgan fingerprint density at radius 1 is 1.54 bits per heavy atom. The first kappa shape index (κ1) is 8.94. The van der Waals surface area contributed by atoms with E-state index >= 15 is 0 Å². The van der Waals surface area contributed by atoms with E-state index in [9.17, 15) is 0 Å². The monoisotopic (exact) mass is 212 g/mol. The first-order valence-electron chi connectivity index (χ1n) is 4.00. The van der Waals surface area contributed by atoms with Gasteiger partial charge in [0.25, 0.3) is 0 Å². The molecule has 0 saturated heterocycles. The molecule has 4 heteroatoms. The molecule has 0 aliphatic carbocycles. The van der Waals surface area contributed by atoms with E-state index in [-0.39, 0.29) is 0 Å². The number of hydrogen-bond donors (Lipinski definition) is 1. The number of benzene rings is 1. The second-order valence-electron chi connectivity index (χ2n) is 2.73. The molecule has 1 N–H and O–H groups in total. The molecule has 2 rings (SSSR count). The summed E-state index contributed by atoms with van der Waals surface area (Å²) in [5.74, 6) is 0. The smallest absolute Gasteiger partial charge is 0.108 e. The SMILES string of the molecule is CNCc1nc2cccc(Cl)c2s1. The lowest BCUT2D eigenvalue weighted by atomic mass is 10.3. The summed E-state index contributed by atoms with van der Waals surface area (Å²) in [6, 6.07) is 5.80. The van der Waals surface area contributed by atoms with Crippen molar-refractivity contribution in [3.63, 3.8) is 0 Å². The van der Waals surface area contributed by atoms with Gasteiger partial charge in [-0.15, -0.1) is 11.3 Å². The molecular weight excluding hydrogens is 204 g/mol. The van der Waals surface area contributed by atoms with Crippen molar-refractivity contribution >= 4 is 33.2 Å².